The molecule has 3 heteroatoms. The first-order valence-corrected chi connectivity index (χ1v) is 3.92. The van der Waals surface area contributed by atoms with Crippen LogP contribution in [0, 0.1) is 5.92 Å². The van der Waals surface area contributed by atoms with Gasteiger partial charge in [0.05, 0.1) is 6.10 Å². The van der Waals surface area contributed by atoms with E-state index < -0.39 is 5.97 Å². The first-order valence-electron chi connectivity index (χ1n) is 3.92. The average molecular weight is 160 g/mol. The van der Waals surface area contributed by atoms with Crippen LogP contribution in [0.5, 0.6) is 0 Å². The number of aliphatic hydroxyl groups is 1. The second-order valence-electron chi connectivity index (χ2n) is 3.13. The van der Waals surface area contributed by atoms with Gasteiger partial charge in [-0.3, -0.25) is 4.79 Å². The summed E-state index contributed by atoms with van der Waals surface area (Å²) in [6.45, 7) is 3.60. The first-order chi connectivity index (χ1) is 5.02. The Morgan fingerprint density at radius 3 is 2.27 bits per heavy atom. The van der Waals surface area contributed by atoms with E-state index in [2.05, 4.69) is 0 Å². The lowest BCUT2D eigenvalue weighted by atomic mass is 10.0. The van der Waals surface area contributed by atoms with Gasteiger partial charge in [-0.1, -0.05) is 6.92 Å². The van der Waals surface area contributed by atoms with Crippen LogP contribution in [0.1, 0.15) is 33.1 Å². The molecule has 0 heterocycles. The molecule has 0 aliphatic heterocycles. The van der Waals surface area contributed by atoms with E-state index in [4.69, 9.17) is 10.2 Å². The van der Waals surface area contributed by atoms with Gasteiger partial charge >= 0.3 is 5.97 Å². The minimum absolute atomic E-state index is 0.169. The van der Waals surface area contributed by atoms with Gasteiger partial charge in [-0.25, -0.2) is 0 Å². The predicted octanol–water partition coefficient (Wildman–Crippen LogP) is 1.26. The molecule has 0 bridgehead atoms. The van der Waals surface area contributed by atoms with E-state index in [0.717, 1.165) is 6.42 Å². The molecule has 0 rings (SSSR count). The van der Waals surface area contributed by atoms with Crippen LogP contribution < -0.4 is 0 Å². The summed E-state index contributed by atoms with van der Waals surface area (Å²) in [5.41, 5.74) is 0. The zero-order valence-electron chi connectivity index (χ0n) is 7.08. The molecule has 3 nitrogen and oxygen atoms in total. The second kappa shape index (κ2) is 5.13. The van der Waals surface area contributed by atoms with Crippen LogP contribution in [0.4, 0.5) is 0 Å². The molecule has 0 aromatic rings. The Bertz CT molecular complexity index is 121. The number of carboxylic acid groups (broad SMARTS) is 1. The fourth-order valence-electron chi connectivity index (χ4n) is 0.926. The third-order valence-corrected chi connectivity index (χ3v) is 1.60. The fraction of sp³-hybridized carbons (Fsp3) is 0.875. The summed E-state index contributed by atoms with van der Waals surface area (Å²) >= 11 is 0. The molecule has 11 heavy (non-hydrogen) atoms. The topological polar surface area (TPSA) is 57.5 Å². The Hall–Kier alpha value is -0.570. The number of carbonyl (C=O) groups is 1. The monoisotopic (exact) mass is 160 g/mol. The van der Waals surface area contributed by atoms with Crippen LogP contribution in [0.3, 0.4) is 0 Å². The van der Waals surface area contributed by atoms with Crippen molar-refractivity contribution in [3.8, 4) is 0 Å². The summed E-state index contributed by atoms with van der Waals surface area (Å²) in [6, 6.07) is 0. The SMILES string of the molecule is C[C@H](CC[C@@H](C)O)CC(=O)O. The van der Waals surface area contributed by atoms with E-state index >= 15 is 0 Å². The van der Waals surface area contributed by atoms with Crippen molar-refractivity contribution in [3.05, 3.63) is 0 Å². The number of rotatable bonds is 5. The average Bonchev–Trinajstić information content (AvgIpc) is 1.82. The Morgan fingerprint density at radius 2 is 1.91 bits per heavy atom. The van der Waals surface area contributed by atoms with Gasteiger partial charge < -0.3 is 10.2 Å². The zero-order valence-corrected chi connectivity index (χ0v) is 7.08. The summed E-state index contributed by atoms with van der Waals surface area (Å²) < 4.78 is 0. The van der Waals surface area contributed by atoms with E-state index in [1.165, 1.54) is 0 Å². The molecule has 66 valence electrons. The number of carboxylic acids is 1. The number of hydrogen-bond acceptors (Lipinski definition) is 2. The van der Waals surface area contributed by atoms with Crippen molar-refractivity contribution in [2.24, 2.45) is 5.92 Å². The van der Waals surface area contributed by atoms with Gasteiger partial charge in [-0.15, -0.1) is 0 Å². The van der Waals surface area contributed by atoms with Crippen molar-refractivity contribution in [2.75, 3.05) is 0 Å². The molecule has 0 fully saturated rings. The predicted molar refractivity (Wildman–Crippen MR) is 42.3 cm³/mol. The fourth-order valence-corrected chi connectivity index (χ4v) is 0.926. The highest BCUT2D eigenvalue weighted by atomic mass is 16.4. The van der Waals surface area contributed by atoms with E-state index in [1.807, 2.05) is 6.92 Å². The summed E-state index contributed by atoms with van der Waals surface area (Å²) in [4.78, 5) is 10.2. The lowest BCUT2D eigenvalue weighted by Crippen LogP contribution is -2.07. The maximum atomic E-state index is 10.2. The molecule has 0 unspecified atom stereocenters. The van der Waals surface area contributed by atoms with Crippen molar-refractivity contribution in [2.45, 2.75) is 39.2 Å². The molecular weight excluding hydrogens is 144 g/mol. The van der Waals surface area contributed by atoms with Crippen LogP contribution in [0.2, 0.25) is 0 Å². The Labute approximate surface area is 67.0 Å². The number of aliphatic hydroxyl groups excluding tert-OH is 1. The molecule has 0 radical (unpaired) electrons. The van der Waals surface area contributed by atoms with Crippen LogP contribution in [-0.4, -0.2) is 22.3 Å². The largest absolute Gasteiger partial charge is 0.481 e. The molecule has 0 aliphatic carbocycles. The van der Waals surface area contributed by atoms with Gasteiger partial charge in [-0.2, -0.15) is 0 Å². The minimum Gasteiger partial charge on any atom is -0.481 e. The summed E-state index contributed by atoms with van der Waals surface area (Å²) in [7, 11) is 0. The Morgan fingerprint density at radius 1 is 1.36 bits per heavy atom. The Kier molecular flexibility index (Phi) is 4.86. The van der Waals surface area contributed by atoms with E-state index in [-0.39, 0.29) is 18.4 Å². The van der Waals surface area contributed by atoms with Crippen molar-refractivity contribution >= 4 is 5.97 Å². The maximum Gasteiger partial charge on any atom is 0.303 e. The molecular formula is C8H16O3. The van der Waals surface area contributed by atoms with E-state index in [0.29, 0.717) is 6.42 Å². The number of hydrogen-bond donors (Lipinski definition) is 2. The van der Waals surface area contributed by atoms with Gasteiger partial charge in [0.2, 0.25) is 0 Å². The van der Waals surface area contributed by atoms with Gasteiger partial charge in [-0.05, 0) is 25.7 Å². The molecule has 0 spiro atoms. The van der Waals surface area contributed by atoms with Gasteiger partial charge in [0.25, 0.3) is 0 Å². The van der Waals surface area contributed by atoms with Crippen LogP contribution in [0.15, 0.2) is 0 Å². The van der Waals surface area contributed by atoms with Gasteiger partial charge in [0.1, 0.15) is 0 Å². The molecule has 0 saturated heterocycles. The lowest BCUT2D eigenvalue weighted by molar-refractivity contribution is -0.138. The second-order valence-corrected chi connectivity index (χ2v) is 3.13. The van der Waals surface area contributed by atoms with Crippen molar-refractivity contribution in [3.63, 3.8) is 0 Å². The van der Waals surface area contributed by atoms with Crippen LogP contribution >= 0.6 is 0 Å². The molecule has 2 N–H and O–H groups in total. The number of aliphatic carboxylic acids is 1. The third-order valence-electron chi connectivity index (χ3n) is 1.60. The van der Waals surface area contributed by atoms with Crippen molar-refractivity contribution < 1.29 is 15.0 Å². The van der Waals surface area contributed by atoms with Gasteiger partial charge in [0.15, 0.2) is 0 Å². The summed E-state index contributed by atoms with van der Waals surface area (Å²) in [5.74, 6) is -0.592. The molecule has 0 aromatic carbocycles. The molecule has 2 atom stereocenters. The molecule has 0 aromatic heterocycles. The highest BCUT2D eigenvalue weighted by molar-refractivity contribution is 5.66. The zero-order chi connectivity index (χ0) is 8.85. The molecule has 0 amide bonds. The third kappa shape index (κ3) is 7.33. The van der Waals surface area contributed by atoms with E-state index in [1.54, 1.807) is 6.92 Å². The van der Waals surface area contributed by atoms with E-state index in [9.17, 15) is 4.79 Å². The Balaban J connectivity index is 3.37. The van der Waals surface area contributed by atoms with Crippen LogP contribution in [-0.2, 0) is 4.79 Å². The minimum atomic E-state index is -0.761. The van der Waals surface area contributed by atoms with Crippen molar-refractivity contribution in [1.29, 1.82) is 0 Å². The summed E-state index contributed by atoms with van der Waals surface area (Å²) in [5, 5.41) is 17.3. The first kappa shape index (κ1) is 10.4. The highest BCUT2D eigenvalue weighted by Gasteiger charge is 2.08. The van der Waals surface area contributed by atoms with Gasteiger partial charge in [0, 0.05) is 6.42 Å². The smallest absolute Gasteiger partial charge is 0.303 e. The highest BCUT2D eigenvalue weighted by Crippen LogP contribution is 2.11. The standard InChI is InChI=1S/C8H16O3/c1-6(5-8(10)11)3-4-7(2)9/h6-7,9H,3-5H2,1-2H3,(H,10,11)/t6-,7-/m1/s1. The summed E-state index contributed by atoms with van der Waals surface area (Å²) in [6.07, 6.45) is 1.36. The molecule has 0 saturated carbocycles. The lowest BCUT2D eigenvalue weighted by Gasteiger charge is -2.09. The van der Waals surface area contributed by atoms with Crippen LogP contribution in [0.25, 0.3) is 0 Å². The maximum absolute atomic E-state index is 10.2. The molecule has 0 aliphatic rings. The normalized spacial score (nSPS) is 15.9. The van der Waals surface area contributed by atoms with Crippen molar-refractivity contribution in [1.82, 2.24) is 0 Å². The quantitative estimate of drug-likeness (QED) is 0.636.